The van der Waals surface area contributed by atoms with Crippen LogP contribution in [0.3, 0.4) is 0 Å². The molecule has 4 nitrogen and oxygen atoms in total. The van der Waals surface area contributed by atoms with Crippen molar-refractivity contribution in [1.29, 1.82) is 0 Å². The number of furan rings is 1. The second-order valence-corrected chi connectivity index (χ2v) is 6.49. The van der Waals surface area contributed by atoms with E-state index >= 15 is 0 Å². The van der Waals surface area contributed by atoms with Crippen molar-refractivity contribution in [2.45, 2.75) is 50.9 Å². The van der Waals surface area contributed by atoms with Crippen LogP contribution in [-0.2, 0) is 13.1 Å². The molecule has 1 aromatic rings. The van der Waals surface area contributed by atoms with Crippen LogP contribution in [0.2, 0.25) is 0 Å². The Labute approximate surface area is 122 Å². The SMILES string of the molecule is CN(C)C1CCN(Cc2ccc(CNC3CC3)o2)CC1. The second kappa shape index (κ2) is 6.29. The van der Waals surface area contributed by atoms with Crippen LogP contribution in [0.25, 0.3) is 0 Å². The van der Waals surface area contributed by atoms with Crippen LogP contribution in [0, 0.1) is 0 Å². The van der Waals surface area contributed by atoms with Gasteiger partial charge in [-0.1, -0.05) is 0 Å². The van der Waals surface area contributed by atoms with Gasteiger partial charge in [0.05, 0.1) is 13.1 Å². The molecule has 2 aliphatic rings. The number of nitrogens with one attached hydrogen (secondary N) is 1. The molecule has 0 spiro atoms. The maximum absolute atomic E-state index is 5.92. The summed E-state index contributed by atoms with van der Waals surface area (Å²) in [4.78, 5) is 4.86. The molecule has 0 bridgehead atoms. The smallest absolute Gasteiger partial charge is 0.118 e. The van der Waals surface area contributed by atoms with Crippen molar-refractivity contribution in [3.8, 4) is 0 Å². The van der Waals surface area contributed by atoms with Crippen LogP contribution < -0.4 is 5.32 Å². The maximum Gasteiger partial charge on any atom is 0.118 e. The lowest BCUT2D eigenvalue weighted by molar-refractivity contribution is 0.133. The molecule has 1 aliphatic heterocycles. The number of hydrogen-bond donors (Lipinski definition) is 1. The summed E-state index contributed by atoms with van der Waals surface area (Å²) in [5.74, 6) is 2.19. The Hall–Kier alpha value is -0.840. The van der Waals surface area contributed by atoms with Crippen molar-refractivity contribution >= 4 is 0 Å². The predicted octanol–water partition coefficient (Wildman–Crippen LogP) is 2.06. The number of rotatable bonds is 6. The fourth-order valence-electron chi connectivity index (χ4n) is 2.95. The third-order valence-corrected chi connectivity index (χ3v) is 4.53. The fraction of sp³-hybridized carbons (Fsp3) is 0.750. The molecule has 4 heteroatoms. The second-order valence-electron chi connectivity index (χ2n) is 6.49. The molecule has 1 saturated heterocycles. The van der Waals surface area contributed by atoms with Gasteiger partial charge in [-0.15, -0.1) is 0 Å². The zero-order valence-corrected chi connectivity index (χ0v) is 12.8. The Morgan fingerprint density at radius 3 is 2.50 bits per heavy atom. The lowest BCUT2D eigenvalue weighted by Gasteiger charge is -2.34. The van der Waals surface area contributed by atoms with Gasteiger partial charge < -0.3 is 14.6 Å². The monoisotopic (exact) mass is 277 g/mol. The van der Waals surface area contributed by atoms with Gasteiger partial charge in [-0.3, -0.25) is 4.90 Å². The molecular weight excluding hydrogens is 250 g/mol. The number of nitrogens with zero attached hydrogens (tertiary/aromatic N) is 2. The number of hydrogen-bond acceptors (Lipinski definition) is 4. The highest BCUT2D eigenvalue weighted by Gasteiger charge is 2.22. The lowest BCUT2D eigenvalue weighted by Crippen LogP contribution is -2.41. The van der Waals surface area contributed by atoms with Crippen molar-refractivity contribution in [2.24, 2.45) is 0 Å². The zero-order valence-electron chi connectivity index (χ0n) is 12.8. The molecule has 2 heterocycles. The molecule has 0 aromatic carbocycles. The summed E-state index contributed by atoms with van der Waals surface area (Å²) in [6.07, 6.45) is 5.19. The molecule has 20 heavy (non-hydrogen) atoms. The Kier molecular flexibility index (Phi) is 4.44. The van der Waals surface area contributed by atoms with E-state index in [9.17, 15) is 0 Å². The molecule has 2 fully saturated rings. The minimum atomic E-state index is 0.744. The van der Waals surface area contributed by atoms with E-state index in [1.165, 1.54) is 38.8 Å². The first-order chi connectivity index (χ1) is 9.70. The van der Waals surface area contributed by atoms with E-state index in [1.54, 1.807) is 0 Å². The summed E-state index contributed by atoms with van der Waals surface area (Å²) >= 11 is 0. The van der Waals surface area contributed by atoms with Gasteiger partial charge in [-0.05, 0) is 51.9 Å². The molecule has 0 unspecified atom stereocenters. The van der Waals surface area contributed by atoms with Crippen LogP contribution in [0.1, 0.15) is 37.2 Å². The summed E-state index contributed by atoms with van der Waals surface area (Å²) in [5.41, 5.74) is 0. The van der Waals surface area contributed by atoms with Crippen molar-refractivity contribution in [3.05, 3.63) is 23.7 Å². The van der Waals surface area contributed by atoms with Gasteiger partial charge >= 0.3 is 0 Å². The van der Waals surface area contributed by atoms with Gasteiger partial charge in [0, 0.05) is 25.2 Å². The fourth-order valence-corrected chi connectivity index (χ4v) is 2.95. The number of piperidine rings is 1. The highest BCUT2D eigenvalue weighted by molar-refractivity contribution is 5.07. The molecule has 1 N–H and O–H groups in total. The third-order valence-electron chi connectivity index (χ3n) is 4.53. The van der Waals surface area contributed by atoms with Crippen LogP contribution in [0.5, 0.6) is 0 Å². The van der Waals surface area contributed by atoms with Crippen molar-refractivity contribution < 1.29 is 4.42 Å². The average Bonchev–Trinajstić information content (AvgIpc) is 3.17. The summed E-state index contributed by atoms with van der Waals surface area (Å²) in [6.45, 7) is 4.20. The van der Waals surface area contributed by atoms with E-state index < -0.39 is 0 Å². The van der Waals surface area contributed by atoms with Crippen molar-refractivity contribution in [3.63, 3.8) is 0 Å². The minimum Gasteiger partial charge on any atom is -0.463 e. The highest BCUT2D eigenvalue weighted by Crippen LogP contribution is 2.21. The Bertz CT molecular complexity index is 417. The topological polar surface area (TPSA) is 31.6 Å². The molecule has 0 amide bonds. The van der Waals surface area contributed by atoms with Gasteiger partial charge in [0.2, 0.25) is 0 Å². The van der Waals surface area contributed by atoms with E-state index in [4.69, 9.17) is 4.42 Å². The zero-order chi connectivity index (χ0) is 13.9. The van der Waals surface area contributed by atoms with Gasteiger partial charge in [0.25, 0.3) is 0 Å². The van der Waals surface area contributed by atoms with Gasteiger partial charge in [0.1, 0.15) is 11.5 Å². The molecular formula is C16H27N3O. The molecule has 0 radical (unpaired) electrons. The van der Waals surface area contributed by atoms with Crippen LogP contribution in [0.4, 0.5) is 0 Å². The summed E-state index contributed by atoms with van der Waals surface area (Å²) in [5, 5.41) is 3.50. The molecule has 112 valence electrons. The normalized spacial score (nSPS) is 21.8. The highest BCUT2D eigenvalue weighted by atomic mass is 16.3. The van der Waals surface area contributed by atoms with Crippen LogP contribution in [-0.4, -0.2) is 49.1 Å². The predicted molar refractivity (Wildman–Crippen MR) is 80.6 cm³/mol. The Balaban J connectivity index is 1.43. The Morgan fingerprint density at radius 1 is 1.15 bits per heavy atom. The quantitative estimate of drug-likeness (QED) is 0.862. The van der Waals surface area contributed by atoms with Crippen molar-refractivity contribution in [1.82, 2.24) is 15.1 Å². The molecule has 3 rings (SSSR count). The third kappa shape index (κ3) is 3.84. The molecule has 1 saturated carbocycles. The van der Waals surface area contributed by atoms with E-state index in [1.807, 2.05) is 0 Å². The summed E-state index contributed by atoms with van der Waals surface area (Å²) < 4.78 is 5.92. The van der Waals surface area contributed by atoms with E-state index in [0.29, 0.717) is 0 Å². The summed E-state index contributed by atoms with van der Waals surface area (Å²) in [6, 6.07) is 5.76. The largest absolute Gasteiger partial charge is 0.463 e. The summed E-state index contributed by atoms with van der Waals surface area (Å²) in [7, 11) is 4.37. The molecule has 0 atom stereocenters. The number of likely N-dealkylation sites (tertiary alicyclic amines) is 1. The maximum atomic E-state index is 5.92. The van der Waals surface area contributed by atoms with E-state index in [-0.39, 0.29) is 0 Å². The molecule has 1 aromatic heterocycles. The van der Waals surface area contributed by atoms with Crippen LogP contribution >= 0.6 is 0 Å². The first-order valence-electron chi connectivity index (χ1n) is 7.90. The minimum absolute atomic E-state index is 0.744. The van der Waals surface area contributed by atoms with Gasteiger partial charge in [-0.25, -0.2) is 0 Å². The van der Waals surface area contributed by atoms with E-state index in [0.717, 1.165) is 36.7 Å². The average molecular weight is 277 g/mol. The Morgan fingerprint density at radius 2 is 1.85 bits per heavy atom. The molecule has 1 aliphatic carbocycles. The first-order valence-corrected chi connectivity index (χ1v) is 7.90. The standard InChI is InChI=1S/C16H27N3O/c1-18(2)14-7-9-19(10-8-14)12-16-6-5-15(20-16)11-17-13-3-4-13/h5-6,13-14,17H,3-4,7-12H2,1-2H3. The van der Waals surface area contributed by atoms with Crippen molar-refractivity contribution in [2.75, 3.05) is 27.2 Å². The first kappa shape index (κ1) is 14.1. The lowest BCUT2D eigenvalue weighted by atomic mass is 10.0. The van der Waals surface area contributed by atoms with Gasteiger partial charge in [0.15, 0.2) is 0 Å². The van der Waals surface area contributed by atoms with Crippen LogP contribution in [0.15, 0.2) is 16.5 Å². The van der Waals surface area contributed by atoms with Gasteiger partial charge in [-0.2, -0.15) is 0 Å². The van der Waals surface area contributed by atoms with E-state index in [2.05, 4.69) is 41.3 Å².